The largest absolute Gasteiger partial charge is 0.490 e. The Morgan fingerprint density at radius 1 is 1.00 bits per heavy atom. The van der Waals surface area contributed by atoms with Gasteiger partial charge in [-0.1, -0.05) is 6.92 Å². The molecule has 2 aromatic rings. The number of carbonyl (C=O) groups is 1. The smallest absolute Gasteiger partial charge is 0.255 e. The summed E-state index contributed by atoms with van der Waals surface area (Å²) in [5.74, 6) is 2.05. The number of benzene rings is 2. The van der Waals surface area contributed by atoms with Crippen LogP contribution in [0.4, 0.5) is 11.4 Å². The van der Waals surface area contributed by atoms with Crippen molar-refractivity contribution in [2.24, 2.45) is 5.92 Å². The van der Waals surface area contributed by atoms with Crippen LogP contribution in [-0.2, 0) is 0 Å². The van der Waals surface area contributed by atoms with Crippen molar-refractivity contribution in [3.8, 4) is 17.2 Å². The molecule has 1 fully saturated rings. The Morgan fingerprint density at radius 2 is 1.60 bits per heavy atom. The third kappa shape index (κ3) is 5.17. The lowest BCUT2D eigenvalue weighted by atomic mass is 10.1. The topological polar surface area (TPSA) is 60.0 Å². The fourth-order valence-corrected chi connectivity index (χ4v) is 3.65. The van der Waals surface area contributed by atoms with Crippen LogP contribution in [0.2, 0.25) is 0 Å². The van der Waals surface area contributed by atoms with Crippen LogP contribution >= 0.6 is 0 Å². The Hall–Kier alpha value is -2.89. The molecule has 1 heterocycles. The number of carbonyl (C=O) groups excluding carboxylic acids is 1. The van der Waals surface area contributed by atoms with Gasteiger partial charge in [-0.25, -0.2) is 0 Å². The van der Waals surface area contributed by atoms with Gasteiger partial charge in [-0.15, -0.1) is 0 Å². The lowest BCUT2D eigenvalue weighted by Crippen LogP contribution is -2.19. The Labute approximate surface area is 179 Å². The molecule has 3 rings (SSSR count). The minimum absolute atomic E-state index is 0.220. The van der Waals surface area contributed by atoms with Gasteiger partial charge in [-0.3, -0.25) is 4.79 Å². The van der Waals surface area contributed by atoms with Gasteiger partial charge in [0.25, 0.3) is 5.91 Å². The van der Waals surface area contributed by atoms with Gasteiger partial charge >= 0.3 is 0 Å². The molecule has 1 unspecified atom stereocenters. The molecule has 2 aromatic carbocycles. The Bertz CT molecular complexity index is 824. The second-order valence-electron chi connectivity index (χ2n) is 7.44. The highest BCUT2D eigenvalue weighted by molar-refractivity contribution is 6.05. The molecule has 1 aliphatic rings. The molecule has 0 bridgehead atoms. The van der Waals surface area contributed by atoms with Crippen LogP contribution in [0, 0.1) is 5.92 Å². The predicted molar refractivity (Wildman–Crippen MR) is 120 cm³/mol. The summed E-state index contributed by atoms with van der Waals surface area (Å²) < 4.78 is 17.1. The van der Waals surface area contributed by atoms with Crippen LogP contribution in [0.3, 0.4) is 0 Å². The number of rotatable bonds is 9. The summed E-state index contributed by atoms with van der Waals surface area (Å²) in [6, 6.07) is 11.4. The molecule has 6 heteroatoms. The molecule has 0 saturated carbocycles. The molecular weight excluding hydrogens is 380 g/mol. The van der Waals surface area contributed by atoms with Gasteiger partial charge < -0.3 is 24.4 Å². The average Bonchev–Trinajstić information content (AvgIpc) is 3.17. The first-order valence-electron chi connectivity index (χ1n) is 10.8. The van der Waals surface area contributed by atoms with Gasteiger partial charge in [0.2, 0.25) is 5.75 Å². The molecule has 1 saturated heterocycles. The lowest BCUT2D eigenvalue weighted by Gasteiger charge is -2.19. The molecule has 30 heavy (non-hydrogen) atoms. The summed E-state index contributed by atoms with van der Waals surface area (Å²) in [5, 5.41) is 2.97. The summed E-state index contributed by atoms with van der Waals surface area (Å²) in [4.78, 5) is 15.3. The normalized spacial score (nSPS) is 15.7. The van der Waals surface area contributed by atoms with Gasteiger partial charge in [-0.05, 0) is 69.5 Å². The summed E-state index contributed by atoms with van der Waals surface area (Å²) in [6.45, 7) is 11.5. The first-order chi connectivity index (χ1) is 14.5. The third-order valence-corrected chi connectivity index (χ3v) is 5.09. The van der Waals surface area contributed by atoms with Crippen molar-refractivity contribution < 1.29 is 19.0 Å². The van der Waals surface area contributed by atoms with E-state index in [1.54, 1.807) is 12.1 Å². The third-order valence-electron chi connectivity index (χ3n) is 5.09. The molecule has 0 radical (unpaired) electrons. The Balaban J connectivity index is 1.78. The average molecular weight is 413 g/mol. The SMILES string of the molecule is CCOc1cc(C(=O)Nc2ccc(N3CCC(C)C3)cc2)cc(OCC)c1OCC. The highest BCUT2D eigenvalue weighted by atomic mass is 16.5. The van der Waals surface area contributed by atoms with Crippen molar-refractivity contribution in [3.05, 3.63) is 42.0 Å². The van der Waals surface area contributed by atoms with E-state index in [4.69, 9.17) is 14.2 Å². The molecule has 0 aromatic heterocycles. The number of amides is 1. The number of hydrogen-bond acceptors (Lipinski definition) is 5. The van der Waals surface area contributed by atoms with E-state index in [-0.39, 0.29) is 5.91 Å². The van der Waals surface area contributed by atoms with E-state index < -0.39 is 0 Å². The molecule has 0 aliphatic carbocycles. The highest BCUT2D eigenvalue weighted by Gasteiger charge is 2.20. The second-order valence-corrected chi connectivity index (χ2v) is 7.44. The number of ether oxygens (including phenoxy) is 3. The zero-order chi connectivity index (χ0) is 21.5. The van der Waals surface area contributed by atoms with E-state index >= 15 is 0 Å². The van der Waals surface area contributed by atoms with E-state index in [1.165, 1.54) is 12.1 Å². The molecule has 1 amide bonds. The highest BCUT2D eigenvalue weighted by Crippen LogP contribution is 2.39. The summed E-state index contributed by atoms with van der Waals surface area (Å²) in [7, 11) is 0. The van der Waals surface area contributed by atoms with Crippen LogP contribution in [0.1, 0.15) is 44.5 Å². The maximum absolute atomic E-state index is 12.9. The number of hydrogen-bond donors (Lipinski definition) is 1. The Kier molecular flexibility index (Phi) is 7.44. The van der Waals surface area contributed by atoms with E-state index in [2.05, 4.69) is 29.3 Å². The maximum Gasteiger partial charge on any atom is 0.255 e. The lowest BCUT2D eigenvalue weighted by molar-refractivity contribution is 0.102. The van der Waals surface area contributed by atoms with Gasteiger partial charge in [0.05, 0.1) is 19.8 Å². The fourth-order valence-electron chi connectivity index (χ4n) is 3.65. The molecule has 162 valence electrons. The first kappa shape index (κ1) is 21.8. The molecule has 1 atom stereocenters. The van der Waals surface area contributed by atoms with Gasteiger partial charge in [-0.2, -0.15) is 0 Å². The van der Waals surface area contributed by atoms with Crippen molar-refractivity contribution in [1.29, 1.82) is 0 Å². The van der Waals surface area contributed by atoms with E-state index in [0.29, 0.717) is 42.6 Å². The van der Waals surface area contributed by atoms with Gasteiger partial charge in [0, 0.05) is 30.0 Å². The second kappa shape index (κ2) is 10.2. The van der Waals surface area contributed by atoms with Crippen LogP contribution in [0.25, 0.3) is 0 Å². The van der Waals surface area contributed by atoms with Crippen molar-refractivity contribution in [3.63, 3.8) is 0 Å². The predicted octanol–water partition coefficient (Wildman–Crippen LogP) is 4.98. The zero-order valence-corrected chi connectivity index (χ0v) is 18.4. The minimum Gasteiger partial charge on any atom is -0.490 e. The molecular formula is C24H32N2O4. The molecule has 0 spiro atoms. The Morgan fingerprint density at radius 3 is 2.10 bits per heavy atom. The van der Waals surface area contributed by atoms with Crippen molar-refractivity contribution in [2.45, 2.75) is 34.1 Å². The molecule has 1 N–H and O–H groups in total. The van der Waals surface area contributed by atoms with Crippen molar-refractivity contribution in [2.75, 3.05) is 43.1 Å². The van der Waals surface area contributed by atoms with E-state index in [0.717, 1.165) is 24.7 Å². The zero-order valence-electron chi connectivity index (χ0n) is 18.4. The van der Waals surface area contributed by atoms with E-state index in [9.17, 15) is 4.79 Å². The van der Waals surface area contributed by atoms with Crippen LogP contribution in [0.5, 0.6) is 17.2 Å². The molecule has 6 nitrogen and oxygen atoms in total. The van der Waals surface area contributed by atoms with E-state index in [1.807, 2.05) is 32.9 Å². The first-order valence-corrected chi connectivity index (χ1v) is 10.8. The van der Waals surface area contributed by atoms with Crippen molar-refractivity contribution >= 4 is 17.3 Å². The van der Waals surface area contributed by atoms with Crippen LogP contribution < -0.4 is 24.4 Å². The van der Waals surface area contributed by atoms with Gasteiger partial charge in [0.1, 0.15) is 0 Å². The fraction of sp³-hybridized carbons (Fsp3) is 0.458. The number of nitrogens with zero attached hydrogens (tertiary/aromatic N) is 1. The minimum atomic E-state index is -0.220. The monoisotopic (exact) mass is 412 g/mol. The molecule has 1 aliphatic heterocycles. The summed E-state index contributed by atoms with van der Waals surface area (Å²) in [6.07, 6.45) is 1.22. The van der Waals surface area contributed by atoms with Crippen LogP contribution in [-0.4, -0.2) is 38.8 Å². The number of anilines is 2. The summed E-state index contributed by atoms with van der Waals surface area (Å²) in [5.41, 5.74) is 2.40. The van der Waals surface area contributed by atoms with Gasteiger partial charge in [0.15, 0.2) is 11.5 Å². The van der Waals surface area contributed by atoms with Crippen LogP contribution in [0.15, 0.2) is 36.4 Å². The quantitative estimate of drug-likeness (QED) is 0.629. The van der Waals surface area contributed by atoms with Crippen molar-refractivity contribution in [1.82, 2.24) is 0 Å². The number of nitrogens with one attached hydrogen (secondary N) is 1. The maximum atomic E-state index is 12.9. The summed E-state index contributed by atoms with van der Waals surface area (Å²) >= 11 is 0. The standard InChI is InChI=1S/C24H32N2O4/c1-5-28-21-14-18(15-22(29-6-2)23(21)30-7-3)24(27)25-19-8-10-20(11-9-19)26-13-12-17(4)16-26/h8-11,14-15,17H,5-7,12-13,16H2,1-4H3,(H,25,27).